The Morgan fingerprint density at radius 2 is 1.58 bits per heavy atom. The number of rotatable bonds is 8. The van der Waals surface area contributed by atoms with Crippen LogP contribution >= 0.6 is 0 Å². The van der Waals surface area contributed by atoms with Crippen LogP contribution in [0.4, 0.5) is 0 Å². The van der Waals surface area contributed by atoms with Crippen LogP contribution in [0.5, 0.6) is 0 Å². The maximum Gasteiger partial charge on any atom is 0.229 e. The summed E-state index contributed by atoms with van der Waals surface area (Å²) in [5.74, 6) is 0.972. The molecule has 0 saturated carbocycles. The van der Waals surface area contributed by atoms with Crippen molar-refractivity contribution in [2.75, 3.05) is 40.0 Å². The quantitative estimate of drug-likeness (QED) is 0.343. The third kappa shape index (κ3) is 22.4. The molecule has 1 amide bonds. The van der Waals surface area contributed by atoms with Gasteiger partial charge < -0.3 is 25.6 Å². The lowest BCUT2D eigenvalue weighted by Gasteiger charge is -2.26. The molecular formula is C27H60N2O4. The van der Waals surface area contributed by atoms with Crippen LogP contribution in [0.3, 0.4) is 0 Å². The fourth-order valence-electron chi connectivity index (χ4n) is 2.39. The molecule has 0 atom stereocenters. The standard InChI is InChI=1S/C17H31NO3.C6H13N.2C2H6.H2O.H2/c1-13(17(6,7)12-21-10-9-20-8)11-14(2)18-15(19)16(3,4)5;1-6-2-4-7-5-3-6;2*1-2;;/h11H,1,9-10,12H2,2-8H3,(H,18,19);6-7H,2-5H2,1H3;2*1-2H3;1H2;1H/b14-11+;;;;;. The van der Waals surface area contributed by atoms with Crippen molar-refractivity contribution in [3.8, 4) is 0 Å². The Morgan fingerprint density at radius 3 is 1.94 bits per heavy atom. The summed E-state index contributed by atoms with van der Waals surface area (Å²) in [4.78, 5) is 11.9. The molecule has 0 aromatic carbocycles. The van der Waals surface area contributed by atoms with Gasteiger partial charge in [-0.05, 0) is 50.4 Å². The fraction of sp³-hybridized carbons (Fsp3) is 0.815. The highest BCUT2D eigenvalue weighted by Crippen LogP contribution is 2.27. The molecule has 6 heteroatoms. The van der Waals surface area contributed by atoms with E-state index in [2.05, 4.69) is 38.0 Å². The minimum Gasteiger partial charge on any atom is -0.412 e. The average Bonchev–Trinajstić information content (AvgIpc) is 2.74. The van der Waals surface area contributed by atoms with Crippen LogP contribution in [0.15, 0.2) is 23.9 Å². The third-order valence-electron chi connectivity index (χ3n) is 4.77. The molecule has 0 aliphatic carbocycles. The average molecular weight is 477 g/mol. The molecular weight excluding hydrogens is 416 g/mol. The summed E-state index contributed by atoms with van der Waals surface area (Å²) in [5, 5.41) is 6.21. The first-order chi connectivity index (χ1) is 14.9. The van der Waals surface area contributed by atoms with Crippen molar-refractivity contribution in [1.82, 2.24) is 10.6 Å². The van der Waals surface area contributed by atoms with E-state index in [1.165, 1.54) is 25.9 Å². The number of carbonyl (C=O) groups excluding carboxylic acids is 1. The molecule has 1 saturated heterocycles. The Kier molecular flexibility index (Phi) is 26.7. The molecule has 0 radical (unpaired) electrons. The highest BCUT2D eigenvalue weighted by Gasteiger charge is 2.23. The van der Waals surface area contributed by atoms with E-state index in [-0.39, 0.29) is 18.2 Å². The van der Waals surface area contributed by atoms with E-state index in [0.29, 0.717) is 19.8 Å². The van der Waals surface area contributed by atoms with Crippen LogP contribution in [0.25, 0.3) is 0 Å². The van der Waals surface area contributed by atoms with Gasteiger partial charge in [0.05, 0.1) is 19.8 Å². The van der Waals surface area contributed by atoms with Gasteiger partial charge in [0.1, 0.15) is 0 Å². The van der Waals surface area contributed by atoms with E-state index in [1.807, 2.05) is 61.5 Å². The van der Waals surface area contributed by atoms with E-state index in [1.54, 1.807) is 7.11 Å². The molecule has 1 rings (SSSR count). The zero-order valence-electron chi connectivity index (χ0n) is 24.0. The molecule has 0 aromatic rings. The van der Waals surface area contributed by atoms with Gasteiger partial charge in [-0.1, -0.05) is 75.8 Å². The highest BCUT2D eigenvalue weighted by molar-refractivity contribution is 5.82. The topological polar surface area (TPSA) is 91.1 Å². The first-order valence-corrected chi connectivity index (χ1v) is 12.4. The monoisotopic (exact) mass is 476 g/mol. The van der Waals surface area contributed by atoms with Crippen LogP contribution in [-0.4, -0.2) is 51.4 Å². The van der Waals surface area contributed by atoms with Crippen molar-refractivity contribution in [3.05, 3.63) is 23.9 Å². The van der Waals surface area contributed by atoms with Gasteiger partial charge >= 0.3 is 0 Å². The molecule has 4 N–H and O–H groups in total. The Labute approximate surface area is 207 Å². The summed E-state index contributed by atoms with van der Waals surface area (Å²) in [5.41, 5.74) is 1.12. The number of carbonyl (C=O) groups is 1. The summed E-state index contributed by atoms with van der Waals surface area (Å²) < 4.78 is 10.5. The van der Waals surface area contributed by atoms with Crippen LogP contribution in [0.2, 0.25) is 0 Å². The molecule has 1 heterocycles. The fourth-order valence-corrected chi connectivity index (χ4v) is 2.39. The molecule has 0 bridgehead atoms. The summed E-state index contributed by atoms with van der Waals surface area (Å²) in [6.07, 6.45) is 4.66. The lowest BCUT2D eigenvalue weighted by molar-refractivity contribution is -0.127. The van der Waals surface area contributed by atoms with Gasteiger partial charge in [-0.2, -0.15) is 0 Å². The Hall–Kier alpha value is -1.21. The molecule has 1 aliphatic rings. The van der Waals surface area contributed by atoms with Crippen LogP contribution < -0.4 is 10.6 Å². The zero-order chi connectivity index (χ0) is 25.8. The number of amides is 1. The van der Waals surface area contributed by atoms with E-state index in [4.69, 9.17) is 9.47 Å². The minimum absolute atomic E-state index is 0. The summed E-state index contributed by atoms with van der Waals surface area (Å²) in [7, 11) is 1.65. The lowest BCUT2D eigenvalue weighted by atomic mass is 9.85. The molecule has 202 valence electrons. The molecule has 6 nitrogen and oxygen atoms in total. The smallest absolute Gasteiger partial charge is 0.229 e. The highest BCUT2D eigenvalue weighted by atomic mass is 16.5. The number of allylic oxidation sites excluding steroid dienone is 2. The van der Waals surface area contributed by atoms with E-state index in [0.717, 1.165) is 17.2 Å². The van der Waals surface area contributed by atoms with Crippen molar-refractivity contribution in [2.24, 2.45) is 16.7 Å². The van der Waals surface area contributed by atoms with Crippen molar-refractivity contribution in [2.45, 2.75) is 89.0 Å². The van der Waals surface area contributed by atoms with Crippen molar-refractivity contribution in [3.63, 3.8) is 0 Å². The second-order valence-electron chi connectivity index (χ2n) is 9.42. The molecule has 33 heavy (non-hydrogen) atoms. The molecule has 0 aromatic heterocycles. The normalized spacial score (nSPS) is 14.1. The van der Waals surface area contributed by atoms with E-state index >= 15 is 0 Å². The van der Waals surface area contributed by atoms with Crippen molar-refractivity contribution < 1.29 is 21.2 Å². The number of methoxy groups -OCH3 is 1. The van der Waals surface area contributed by atoms with Gasteiger partial charge in [-0.15, -0.1) is 0 Å². The summed E-state index contributed by atoms with van der Waals surface area (Å²) in [6.45, 7) is 30.3. The van der Waals surface area contributed by atoms with Crippen LogP contribution in [0, 0.1) is 16.7 Å². The van der Waals surface area contributed by atoms with E-state index < -0.39 is 5.41 Å². The third-order valence-corrected chi connectivity index (χ3v) is 4.77. The minimum atomic E-state index is -0.408. The van der Waals surface area contributed by atoms with Gasteiger partial charge in [-0.25, -0.2) is 0 Å². The van der Waals surface area contributed by atoms with Crippen LogP contribution in [-0.2, 0) is 14.3 Å². The van der Waals surface area contributed by atoms with Gasteiger partial charge in [0, 0.05) is 25.1 Å². The second kappa shape index (κ2) is 22.6. The predicted molar refractivity (Wildman–Crippen MR) is 147 cm³/mol. The number of hydrogen-bond donors (Lipinski definition) is 2. The first kappa shape index (κ1) is 39.0. The van der Waals surface area contributed by atoms with Crippen LogP contribution in [0.1, 0.15) is 90.4 Å². The van der Waals surface area contributed by atoms with E-state index in [9.17, 15) is 4.79 Å². The number of piperidine rings is 1. The number of ether oxygens (including phenoxy) is 2. The molecule has 1 aliphatic heterocycles. The number of nitrogens with one attached hydrogen (secondary N) is 2. The largest absolute Gasteiger partial charge is 0.412 e. The summed E-state index contributed by atoms with van der Waals surface area (Å²) in [6, 6.07) is 0. The molecule has 1 fully saturated rings. The van der Waals surface area contributed by atoms with Gasteiger partial charge in [0.25, 0.3) is 0 Å². The van der Waals surface area contributed by atoms with Gasteiger partial charge in [-0.3, -0.25) is 4.79 Å². The number of hydrogen-bond acceptors (Lipinski definition) is 4. The Bertz CT molecular complexity index is 509. The van der Waals surface area contributed by atoms with Crippen molar-refractivity contribution >= 4 is 5.91 Å². The van der Waals surface area contributed by atoms with Crippen molar-refractivity contribution in [1.29, 1.82) is 0 Å². The maximum absolute atomic E-state index is 11.9. The Morgan fingerprint density at radius 1 is 1.09 bits per heavy atom. The lowest BCUT2D eigenvalue weighted by Crippen LogP contribution is -2.33. The molecule has 0 spiro atoms. The molecule has 0 unspecified atom stereocenters. The first-order valence-electron chi connectivity index (χ1n) is 12.4. The Balaban J connectivity index is -0.000000180. The maximum atomic E-state index is 11.9. The van der Waals surface area contributed by atoms with Gasteiger partial charge in [0.2, 0.25) is 5.91 Å². The predicted octanol–water partition coefficient (Wildman–Crippen LogP) is 5.78. The SMILES string of the molecule is C=C(/C=C(\C)NC(=O)C(C)(C)C)C(C)(C)COCCOC.CC.CC.CC1CCNCC1.O.[HH]. The summed E-state index contributed by atoms with van der Waals surface area (Å²) >= 11 is 0. The zero-order valence-corrected chi connectivity index (χ0v) is 24.0. The van der Waals surface area contributed by atoms with Gasteiger partial charge in [0.15, 0.2) is 0 Å². The second-order valence-corrected chi connectivity index (χ2v) is 9.42.